The number of aromatic nitrogens is 4. The van der Waals surface area contributed by atoms with Crippen LogP contribution in [0.25, 0.3) is 0 Å². The molecule has 132 valence electrons. The van der Waals surface area contributed by atoms with E-state index in [0.717, 1.165) is 10.5 Å². The minimum atomic E-state index is -4.45. The smallest absolute Gasteiger partial charge is 0.354 e. The molecule has 0 aromatic carbocycles. The van der Waals surface area contributed by atoms with Gasteiger partial charge in [0.1, 0.15) is 6.04 Å². The molecule has 2 heterocycles. The number of hydrogen-bond donors (Lipinski definition) is 1. The number of amides is 1. The number of carbonyl (C=O) groups excluding carboxylic acids is 1. The van der Waals surface area contributed by atoms with Crippen molar-refractivity contribution in [3.8, 4) is 0 Å². The molecule has 0 radical (unpaired) electrons. The van der Waals surface area contributed by atoms with Crippen molar-refractivity contribution >= 4 is 21.8 Å². The first kappa shape index (κ1) is 18.5. The maximum atomic E-state index is 12.6. The molecule has 2 rings (SSSR count). The first-order chi connectivity index (χ1) is 11.2. The Hall–Kier alpha value is -1.84. The molecule has 0 aliphatic heterocycles. The Bertz CT molecular complexity index is 710. The highest BCUT2D eigenvalue weighted by molar-refractivity contribution is 9.10. The summed E-state index contributed by atoms with van der Waals surface area (Å²) in [4.78, 5) is 12.0. The third kappa shape index (κ3) is 4.59. The third-order valence-corrected chi connectivity index (χ3v) is 3.87. The summed E-state index contributed by atoms with van der Waals surface area (Å²) in [6, 6.07) is 0.538. The molecule has 0 aliphatic rings. The predicted octanol–water partition coefficient (Wildman–Crippen LogP) is 2.94. The van der Waals surface area contributed by atoms with Crippen LogP contribution in [0.2, 0.25) is 0 Å². The molecule has 24 heavy (non-hydrogen) atoms. The van der Waals surface area contributed by atoms with Gasteiger partial charge in [-0.05, 0) is 42.3 Å². The van der Waals surface area contributed by atoms with E-state index in [-0.39, 0.29) is 5.91 Å². The Morgan fingerprint density at radius 1 is 1.46 bits per heavy atom. The number of alkyl halides is 3. The molecule has 10 heteroatoms. The maximum Gasteiger partial charge on any atom is 0.435 e. The second-order valence-corrected chi connectivity index (χ2v) is 6.27. The summed E-state index contributed by atoms with van der Waals surface area (Å²) in [5.41, 5.74) is -0.467. The van der Waals surface area contributed by atoms with E-state index in [4.69, 9.17) is 0 Å². The Balaban J connectivity index is 1.81. The number of nitrogens with zero attached hydrogens (tertiary/aromatic N) is 4. The monoisotopic (exact) mass is 407 g/mol. The highest BCUT2D eigenvalue weighted by Gasteiger charge is 2.34. The molecule has 0 aliphatic carbocycles. The average molecular weight is 408 g/mol. The molecule has 0 fully saturated rings. The lowest BCUT2D eigenvalue weighted by Gasteiger charge is -2.12. The second-order valence-electron chi connectivity index (χ2n) is 5.35. The van der Waals surface area contributed by atoms with Crippen LogP contribution >= 0.6 is 15.9 Å². The Kier molecular flexibility index (Phi) is 5.68. The van der Waals surface area contributed by atoms with Crippen molar-refractivity contribution in [2.45, 2.75) is 39.0 Å². The summed E-state index contributed by atoms with van der Waals surface area (Å²) in [5, 5.41) is 10.3. The molecular weight excluding hydrogens is 391 g/mol. The van der Waals surface area contributed by atoms with Crippen LogP contribution in [0.5, 0.6) is 0 Å². The fourth-order valence-corrected chi connectivity index (χ4v) is 2.41. The average Bonchev–Trinajstić information content (AvgIpc) is 3.08. The molecule has 1 N–H and O–H groups in total. The first-order valence-electron chi connectivity index (χ1n) is 7.27. The zero-order chi connectivity index (χ0) is 17.9. The van der Waals surface area contributed by atoms with Crippen LogP contribution in [0.15, 0.2) is 22.9 Å². The molecule has 6 nitrogen and oxygen atoms in total. The van der Waals surface area contributed by atoms with Crippen molar-refractivity contribution in [2.24, 2.45) is 0 Å². The van der Waals surface area contributed by atoms with E-state index < -0.39 is 17.9 Å². The van der Waals surface area contributed by atoms with Crippen LogP contribution in [0.1, 0.15) is 30.8 Å². The molecule has 0 saturated carbocycles. The van der Waals surface area contributed by atoms with Crippen molar-refractivity contribution in [2.75, 3.05) is 6.54 Å². The molecule has 1 unspecified atom stereocenters. The molecule has 0 spiro atoms. The standard InChI is InChI=1S/C14H17BrF3N5O/c1-9-6-12(14(16,17)18)21-22(9)5-3-4-19-13(24)10(2)23-8-11(15)7-20-23/h6-8,10H,3-5H2,1-2H3,(H,19,24). The quantitative estimate of drug-likeness (QED) is 0.748. The van der Waals surface area contributed by atoms with E-state index in [1.165, 1.54) is 9.36 Å². The van der Waals surface area contributed by atoms with E-state index in [0.29, 0.717) is 25.2 Å². The molecule has 0 bridgehead atoms. The minimum Gasteiger partial charge on any atom is -0.354 e. The SMILES string of the molecule is Cc1cc(C(F)(F)F)nn1CCCNC(=O)C(C)n1cc(Br)cn1. The zero-order valence-corrected chi connectivity index (χ0v) is 14.7. The Morgan fingerprint density at radius 3 is 2.71 bits per heavy atom. The Labute approximate surface area is 145 Å². The number of aryl methyl sites for hydroxylation is 2. The maximum absolute atomic E-state index is 12.6. The topological polar surface area (TPSA) is 64.7 Å². The van der Waals surface area contributed by atoms with Crippen LogP contribution in [0, 0.1) is 6.92 Å². The molecule has 2 aromatic heterocycles. The van der Waals surface area contributed by atoms with Crippen LogP contribution in [-0.4, -0.2) is 32.0 Å². The van der Waals surface area contributed by atoms with Crippen LogP contribution < -0.4 is 5.32 Å². The fourth-order valence-electron chi connectivity index (χ4n) is 2.11. The van der Waals surface area contributed by atoms with Crippen LogP contribution in [-0.2, 0) is 17.5 Å². The fraction of sp³-hybridized carbons (Fsp3) is 0.500. The van der Waals surface area contributed by atoms with Gasteiger partial charge in [-0.2, -0.15) is 23.4 Å². The van der Waals surface area contributed by atoms with E-state index in [1.807, 2.05) is 0 Å². The van der Waals surface area contributed by atoms with Gasteiger partial charge in [0.25, 0.3) is 0 Å². The largest absolute Gasteiger partial charge is 0.435 e. The van der Waals surface area contributed by atoms with Gasteiger partial charge in [0.15, 0.2) is 5.69 Å². The van der Waals surface area contributed by atoms with Gasteiger partial charge in [-0.1, -0.05) is 0 Å². The zero-order valence-electron chi connectivity index (χ0n) is 13.1. The van der Waals surface area contributed by atoms with Gasteiger partial charge in [-0.25, -0.2) is 0 Å². The first-order valence-corrected chi connectivity index (χ1v) is 8.07. The summed E-state index contributed by atoms with van der Waals surface area (Å²) < 4.78 is 41.3. The number of carbonyl (C=O) groups is 1. The van der Waals surface area contributed by atoms with Crippen LogP contribution in [0.4, 0.5) is 13.2 Å². The van der Waals surface area contributed by atoms with Gasteiger partial charge >= 0.3 is 6.18 Å². The summed E-state index contributed by atoms with van der Waals surface area (Å²) in [6.07, 6.45) is -0.697. The van der Waals surface area contributed by atoms with Crippen molar-refractivity contribution in [1.29, 1.82) is 0 Å². The van der Waals surface area contributed by atoms with Crippen molar-refractivity contribution in [3.63, 3.8) is 0 Å². The lowest BCUT2D eigenvalue weighted by molar-refractivity contribution is -0.141. The number of hydrogen-bond acceptors (Lipinski definition) is 3. The van der Waals surface area contributed by atoms with E-state index >= 15 is 0 Å². The molecule has 1 amide bonds. The highest BCUT2D eigenvalue weighted by atomic mass is 79.9. The summed E-state index contributed by atoms with van der Waals surface area (Å²) in [5.74, 6) is -0.209. The number of rotatable bonds is 6. The minimum absolute atomic E-state index is 0.209. The van der Waals surface area contributed by atoms with Gasteiger partial charge in [0.2, 0.25) is 5.91 Å². The molecular formula is C14H17BrF3N5O. The third-order valence-electron chi connectivity index (χ3n) is 3.46. The molecule has 1 atom stereocenters. The lowest BCUT2D eigenvalue weighted by Crippen LogP contribution is -2.32. The summed E-state index contributed by atoms with van der Waals surface area (Å²) in [6.45, 7) is 3.91. The Morgan fingerprint density at radius 2 is 2.17 bits per heavy atom. The van der Waals surface area contributed by atoms with E-state index in [9.17, 15) is 18.0 Å². The van der Waals surface area contributed by atoms with Gasteiger partial charge in [0.05, 0.1) is 10.7 Å². The second kappa shape index (κ2) is 7.37. The van der Waals surface area contributed by atoms with Crippen LogP contribution in [0.3, 0.4) is 0 Å². The number of nitrogens with one attached hydrogen (secondary N) is 1. The van der Waals surface area contributed by atoms with Gasteiger partial charge < -0.3 is 5.32 Å². The van der Waals surface area contributed by atoms with E-state index in [1.54, 1.807) is 26.2 Å². The summed E-state index contributed by atoms with van der Waals surface area (Å²) in [7, 11) is 0. The normalized spacial score (nSPS) is 13.1. The summed E-state index contributed by atoms with van der Waals surface area (Å²) >= 11 is 3.26. The molecule has 2 aromatic rings. The number of halogens is 4. The van der Waals surface area contributed by atoms with Crippen molar-refractivity contribution in [3.05, 3.63) is 34.3 Å². The van der Waals surface area contributed by atoms with Gasteiger partial charge in [0, 0.05) is 25.0 Å². The highest BCUT2D eigenvalue weighted by Crippen LogP contribution is 2.28. The molecule has 0 saturated heterocycles. The predicted molar refractivity (Wildman–Crippen MR) is 84.2 cm³/mol. The van der Waals surface area contributed by atoms with Gasteiger partial charge in [-0.3, -0.25) is 14.2 Å². The van der Waals surface area contributed by atoms with Gasteiger partial charge in [-0.15, -0.1) is 0 Å². The lowest BCUT2D eigenvalue weighted by atomic mass is 10.3. The van der Waals surface area contributed by atoms with Crippen molar-refractivity contribution in [1.82, 2.24) is 24.9 Å². The van der Waals surface area contributed by atoms with E-state index in [2.05, 4.69) is 31.4 Å². The van der Waals surface area contributed by atoms with Crippen molar-refractivity contribution < 1.29 is 18.0 Å².